The van der Waals surface area contributed by atoms with Crippen molar-refractivity contribution in [3.05, 3.63) is 69.9 Å². The third-order valence-electron chi connectivity index (χ3n) is 3.33. The molecule has 1 heterocycles. The van der Waals surface area contributed by atoms with E-state index in [-0.39, 0.29) is 5.78 Å². The maximum Gasteiger partial charge on any atom is 0.168 e. The molecule has 0 aliphatic rings. The van der Waals surface area contributed by atoms with Gasteiger partial charge in [-0.05, 0) is 34.7 Å². The monoisotopic (exact) mass is 266 g/mol. The van der Waals surface area contributed by atoms with E-state index < -0.39 is 0 Å². The Morgan fingerprint density at radius 1 is 1.05 bits per heavy atom. The first kappa shape index (κ1) is 12.1. The van der Waals surface area contributed by atoms with Crippen LogP contribution in [-0.4, -0.2) is 5.78 Å². The number of rotatable bonds is 3. The Hall–Kier alpha value is -1.93. The van der Waals surface area contributed by atoms with Gasteiger partial charge in [-0.15, -0.1) is 11.3 Å². The van der Waals surface area contributed by atoms with Crippen LogP contribution in [0, 0.1) is 6.92 Å². The van der Waals surface area contributed by atoms with Crippen molar-refractivity contribution >= 4 is 27.9 Å². The minimum absolute atomic E-state index is 0.205. The molecule has 0 aliphatic heterocycles. The number of aryl methyl sites for hydroxylation is 1. The summed E-state index contributed by atoms with van der Waals surface area (Å²) in [6.07, 6.45) is 0.493. The van der Waals surface area contributed by atoms with Gasteiger partial charge in [-0.2, -0.15) is 0 Å². The summed E-state index contributed by atoms with van der Waals surface area (Å²) in [6, 6.07) is 16.2. The van der Waals surface area contributed by atoms with Crippen LogP contribution >= 0.6 is 11.3 Å². The second-order valence-corrected chi connectivity index (χ2v) is 5.69. The molecule has 0 bridgehead atoms. The summed E-state index contributed by atoms with van der Waals surface area (Å²) < 4.78 is 0. The molecule has 1 nitrogen and oxygen atoms in total. The summed E-state index contributed by atoms with van der Waals surface area (Å²) in [5.74, 6) is 0.205. The fraction of sp³-hybridized carbons (Fsp3) is 0.118. The number of ketones is 1. The lowest BCUT2D eigenvalue weighted by Gasteiger charge is -2.09. The molecule has 0 radical (unpaired) electrons. The molecule has 0 saturated heterocycles. The largest absolute Gasteiger partial charge is 0.294 e. The molecule has 0 atom stereocenters. The fourth-order valence-corrected chi connectivity index (χ4v) is 3.11. The number of thiophene rings is 1. The van der Waals surface area contributed by atoms with E-state index in [9.17, 15) is 4.79 Å². The molecule has 0 aliphatic carbocycles. The van der Waals surface area contributed by atoms with Gasteiger partial charge in [-0.25, -0.2) is 0 Å². The topological polar surface area (TPSA) is 17.1 Å². The molecule has 2 aromatic carbocycles. The van der Waals surface area contributed by atoms with Crippen molar-refractivity contribution < 1.29 is 4.79 Å². The minimum Gasteiger partial charge on any atom is -0.294 e. The molecular formula is C17H14OS. The molecule has 0 saturated carbocycles. The lowest BCUT2D eigenvalue weighted by atomic mass is 9.95. The second-order valence-electron chi connectivity index (χ2n) is 4.66. The van der Waals surface area contributed by atoms with Crippen molar-refractivity contribution in [2.75, 3.05) is 0 Å². The van der Waals surface area contributed by atoms with Crippen molar-refractivity contribution in [2.24, 2.45) is 0 Å². The van der Waals surface area contributed by atoms with Crippen molar-refractivity contribution in [1.82, 2.24) is 0 Å². The van der Waals surface area contributed by atoms with E-state index in [2.05, 4.69) is 12.1 Å². The average molecular weight is 266 g/mol. The van der Waals surface area contributed by atoms with Gasteiger partial charge in [-0.1, -0.05) is 42.5 Å². The molecule has 94 valence electrons. The third kappa shape index (κ3) is 2.32. The number of carbonyl (C=O) groups is 1. The van der Waals surface area contributed by atoms with Crippen molar-refractivity contribution in [3.63, 3.8) is 0 Å². The normalized spacial score (nSPS) is 10.8. The van der Waals surface area contributed by atoms with Crippen LogP contribution < -0.4 is 0 Å². The first-order valence-electron chi connectivity index (χ1n) is 6.29. The van der Waals surface area contributed by atoms with Crippen molar-refractivity contribution in [1.29, 1.82) is 0 Å². The van der Waals surface area contributed by atoms with Crippen LogP contribution in [0.5, 0.6) is 0 Å². The number of fused-ring (bicyclic) bond motifs is 1. The molecule has 3 aromatic rings. The smallest absolute Gasteiger partial charge is 0.168 e. The zero-order chi connectivity index (χ0) is 13.2. The molecule has 1 aromatic heterocycles. The average Bonchev–Trinajstić information content (AvgIpc) is 2.91. The van der Waals surface area contributed by atoms with Crippen LogP contribution in [0.4, 0.5) is 0 Å². The lowest BCUT2D eigenvalue weighted by molar-refractivity contribution is 0.0995. The predicted molar refractivity (Wildman–Crippen MR) is 81.0 cm³/mol. The highest BCUT2D eigenvalue weighted by molar-refractivity contribution is 7.10. The van der Waals surface area contributed by atoms with Crippen LogP contribution in [0.2, 0.25) is 0 Å². The van der Waals surface area contributed by atoms with E-state index in [1.807, 2.05) is 48.7 Å². The zero-order valence-corrected chi connectivity index (χ0v) is 11.5. The SMILES string of the molecule is Cc1ccc2ccccc2c1C(=O)Cc1cccs1. The zero-order valence-electron chi connectivity index (χ0n) is 10.7. The maximum absolute atomic E-state index is 12.6. The van der Waals surface area contributed by atoms with Crippen LogP contribution in [0.15, 0.2) is 53.9 Å². The number of Topliss-reactive ketones (excluding diaryl/α,β-unsaturated/α-hetero) is 1. The van der Waals surface area contributed by atoms with Gasteiger partial charge in [0.2, 0.25) is 0 Å². The first-order chi connectivity index (χ1) is 9.25. The Morgan fingerprint density at radius 2 is 1.89 bits per heavy atom. The van der Waals surface area contributed by atoms with Gasteiger partial charge in [0.25, 0.3) is 0 Å². The number of carbonyl (C=O) groups excluding carboxylic acids is 1. The van der Waals surface area contributed by atoms with E-state index in [0.717, 1.165) is 26.8 Å². The summed E-state index contributed by atoms with van der Waals surface area (Å²) in [4.78, 5) is 13.7. The first-order valence-corrected chi connectivity index (χ1v) is 7.17. The minimum atomic E-state index is 0.205. The summed E-state index contributed by atoms with van der Waals surface area (Å²) in [5.41, 5.74) is 1.92. The molecule has 3 rings (SSSR count). The molecular weight excluding hydrogens is 252 g/mol. The van der Waals surface area contributed by atoms with Gasteiger partial charge in [0.1, 0.15) is 0 Å². The lowest BCUT2D eigenvalue weighted by Crippen LogP contribution is -2.05. The van der Waals surface area contributed by atoms with Crippen LogP contribution in [-0.2, 0) is 6.42 Å². The summed E-state index contributed by atoms with van der Waals surface area (Å²) in [5, 5.41) is 4.20. The summed E-state index contributed by atoms with van der Waals surface area (Å²) in [6.45, 7) is 2.01. The Bertz CT molecular complexity index is 726. The fourth-order valence-electron chi connectivity index (χ4n) is 2.41. The standard InChI is InChI=1S/C17H14OS/c1-12-8-9-13-5-2-3-7-15(13)17(12)16(18)11-14-6-4-10-19-14/h2-10H,11H2,1H3. The van der Waals surface area contributed by atoms with Gasteiger partial charge >= 0.3 is 0 Å². The van der Waals surface area contributed by atoms with Crippen LogP contribution in [0.1, 0.15) is 20.8 Å². The highest BCUT2D eigenvalue weighted by atomic mass is 32.1. The van der Waals surface area contributed by atoms with Gasteiger partial charge in [0.05, 0.1) is 0 Å². The predicted octanol–water partition coefficient (Wildman–Crippen LogP) is 4.64. The van der Waals surface area contributed by atoms with E-state index in [4.69, 9.17) is 0 Å². The van der Waals surface area contributed by atoms with Gasteiger partial charge in [-0.3, -0.25) is 4.79 Å². The van der Waals surface area contributed by atoms with E-state index in [1.54, 1.807) is 11.3 Å². The van der Waals surface area contributed by atoms with Crippen LogP contribution in [0.25, 0.3) is 10.8 Å². The number of hydrogen-bond donors (Lipinski definition) is 0. The Kier molecular flexibility index (Phi) is 3.18. The molecule has 0 spiro atoms. The van der Waals surface area contributed by atoms with Gasteiger partial charge in [0, 0.05) is 16.9 Å². The van der Waals surface area contributed by atoms with Crippen LogP contribution in [0.3, 0.4) is 0 Å². The quantitative estimate of drug-likeness (QED) is 0.631. The molecule has 2 heteroatoms. The molecule has 0 fully saturated rings. The maximum atomic E-state index is 12.6. The van der Waals surface area contributed by atoms with E-state index in [0.29, 0.717) is 6.42 Å². The molecule has 19 heavy (non-hydrogen) atoms. The summed E-state index contributed by atoms with van der Waals surface area (Å²) >= 11 is 1.64. The highest BCUT2D eigenvalue weighted by Crippen LogP contribution is 2.24. The van der Waals surface area contributed by atoms with Crippen molar-refractivity contribution in [2.45, 2.75) is 13.3 Å². The second kappa shape index (κ2) is 4.98. The molecule has 0 unspecified atom stereocenters. The highest BCUT2D eigenvalue weighted by Gasteiger charge is 2.13. The Morgan fingerprint density at radius 3 is 2.68 bits per heavy atom. The summed E-state index contributed by atoms with van der Waals surface area (Å²) in [7, 11) is 0. The van der Waals surface area contributed by atoms with E-state index >= 15 is 0 Å². The van der Waals surface area contributed by atoms with Gasteiger partial charge in [0.15, 0.2) is 5.78 Å². The number of benzene rings is 2. The van der Waals surface area contributed by atoms with Gasteiger partial charge < -0.3 is 0 Å². The number of hydrogen-bond acceptors (Lipinski definition) is 2. The molecule has 0 amide bonds. The third-order valence-corrected chi connectivity index (χ3v) is 4.21. The van der Waals surface area contributed by atoms with E-state index in [1.165, 1.54) is 0 Å². The molecule has 0 N–H and O–H groups in total. The van der Waals surface area contributed by atoms with Crippen molar-refractivity contribution in [3.8, 4) is 0 Å². The Balaban J connectivity index is 2.08. The Labute approximate surface area is 116 Å².